The van der Waals surface area contributed by atoms with Gasteiger partial charge in [-0.2, -0.15) is 0 Å². The molecule has 108 valence electrons. The molecule has 0 heterocycles. The van der Waals surface area contributed by atoms with E-state index in [0.29, 0.717) is 3.57 Å². The van der Waals surface area contributed by atoms with Crippen molar-refractivity contribution in [1.82, 2.24) is 5.32 Å². The molecule has 7 nitrogen and oxygen atoms in total. The number of hydrogen-bond acceptors (Lipinski definition) is 4. The fourth-order valence-electron chi connectivity index (χ4n) is 1.41. The second-order valence-corrected chi connectivity index (χ2v) is 5.53. The van der Waals surface area contributed by atoms with Crippen molar-refractivity contribution in [3.63, 3.8) is 0 Å². The number of amides is 1. The number of halogens is 1. The molecule has 1 rings (SSSR count). The molecule has 0 aliphatic rings. The van der Waals surface area contributed by atoms with Gasteiger partial charge in [-0.3, -0.25) is 14.9 Å². The molecule has 0 fully saturated rings. The minimum atomic E-state index is -1.41. The number of benzene rings is 1. The first-order valence-corrected chi connectivity index (χ1v) is 6.79. The number of aliphatic carboxylic acids is 1. The van der Waals surface area contributed by atoms with Gasteiger partial charge in [0.15, 0.2) is 0 Å². The van der Waals surface area contributed by atoms with Crippen LogP contribution >= 0.6 is 22.6 Å². The third kappa shape index (κ3) is 3.44. The van der Waals surface area contributed by atoms with Crippen molar-refractivity contribution in [2.75, 3.05) is 0 Å². The number of nitro groups is 1. The van der Waals surface area contributed by atoms with Gasteiger partial charge in [-0.15, -0.1) is 0 Å². The van der Waals surface area contributed by atoms with E-state index in [-0.39, 0.29) is 17.7 Å². The molecule has 1 amide bonds. The summed E-state index contributed by atoms with van der Waals surface area (Å²) in [4.78, 5) is 33.4. The summed E-state index contributed by atoms with van der Waals surface area (Å²) < 4.78 is 0.509. The predicted octanol–water partition coefficient (Wildman–Crippen LogP) is 2.18. The van der Waals surface area contributed by atoms with Crippen LogP contribution in [0.4, 0.5) is 5.69 Å². The van der Waals surface area contributed by atoms with Crippen LogP contribution in [0, 0.1) is 13.7 Å². The third-order valence-corrected chi connectivity index (χ3v) is 3.91. The fraction of sp³-hybridized carbons (Fsp3) is 0.333. The molecule has 8 heteroatoms. The van der Waals surface area contributed by atoms with Crippen molar-refractivity contribution >= 4 is 40.2 Å². The molecule has 1 aromatic carbocycles. The largest absolute Gasteiger partial charge is 0.480 e. The van der Waals surface area contributed by atoms with Crippen LogP contribution in [-0.4, -0.2) is 27.4 Å². The number of rotatable bonds is 5. The quantitative estimate of drug-likeness (QED) is 0.454. The second kappa shape index (κ2) is 6.16. The Labute approximate surface area is 128 Å². The van der Waals surface area contributed by atoms with E-state index in [4.69, 9.17) is 5.11 Å². The van der Waals surface area contributed by atoms with E-state index in [1.165, 1.54) is 19.1 Å². The highest BCUT2D eigenvalue weighted by molar-refractivity contribution is 14.1. The van der Waals surface area contributed by atoms with Crippen LogP contribution in [0.3, 0.4) is 0 Å². The van der Waals surface area contributed by atoms with E-state index in [1.807, 2.05) is 22.6 Å². The fourth-order valence-corrected chi connectivity index (χ4v) is 1.99. The maximum atomic E-state index is 12.1. The first-order valence-electron chi connectivity index (χ1n) is 5.71. The van der Waals surface area contributed by atoms with Crippen LogP contribution in [-0.2, 0) is 4.79 Å². The molecule has 1 unspecified atom stereocenters. The standard InChI is InChI=1S/C12H13IN2O5/c1-3-12(2,11(17)18)14-10(16)8-6-7(15(19)20)4-5-9(8)13/h4-6H,3H2,1-2H3,(H,14,16)(H,17,18). The molecule has 0 aromatic heterocycles. The van der Waals surface area contributed by atoms with Crippen LogP contribution in [0.15, 0.2) is 18.2 Å². The molecular weight excluding hydrogens is 379 g/mol. The Kier molecular flexibility index (Phi) is 5.03. The molecule has 20 heavy (non-hydrogen) atoms. The Hall–Kier alpha value is -1.71. The molecular formula is C12H13IN2O5. The van der Waals surface area contributed by atoms with Gasteiger partial charge in [0, 0.05) is 15.7 Å². The van der Waals surface area contributed by atoms with E-state index >= 15 is 0 Å². The number of carbonyl (C=O) groups is 2. The smallest absolute Gasteiger partial charge is 0.329 e. The van der Waals surface area contributed by atoms with E-state index in [9.17, 15) is 19.7 Å². The molecule has 1 aromatic rings. The Morgan fingerprint density at radius 3 is 2.55 bits per heavy atom. The summed E-state index contributed by atoms with van der Waals surface area (Å²) in [5.41, 5.74) is -1.55. The number of carboxylic acid groups (broad SMARTS) is 1. The van der Waals surface area contributed by atoms with Crippen LogP contribution in [0.2, 0.25) is 0 Å². The summed E-state index contributed by atoms with van der Waals surface area (Å²) in [6.07, 6.45) is 0.194. The number of nitrogens with zero attached hydrogens (tertiary/aromatic N) is 1. The van der Waals surface area contributed by atoms with Crippen molar-refractivity contribution in [2.45, 2.75) is 25.8 Å². The van der Waals surface area contributed by atoms with Crippen LogP contribution in [0.1, 0.15) is 30.6 Å². The first-order chi connectivity index (χ1) is 9.21. The van der Waals surface area contributed by atoms with Gasteiger partial charge in [-0.05, 0) is 42.0 Å². The number of carboxylic acids is 1. The lowest BCUT2D eigenvalue weighted by Crippen LogP contribution is -2.51. The third-order valence-electron chi connectivity index (χ3n) is 2.97. The Balaban J connectivity index is 3.12. The van der Waals surface area contributed by atoms with Crippen LogP contribution in [0.25, 0.3) is 0 Å². The Morgan fingerprint density at radius 2 is 2.10 bits per heavy atom. The lowest BCUT2D eigenvalue weighted by atomic mass is 9.98. The normalized spacial score (nSPS) is 13.3. The average Bonchev–Trinajstić information content (AvgIpc) is 2.38. The van der Waals surface area contributed by atoms with Gasteiger partial charge < -0.3 is 10.4 Å². The van der Waals surface area contributed by atoms with Crippen LogP contribution < -0.4 is 5.32 Å². The lowest BCUT2D eigenvalue weighted by molar-refractivity contribution is -0.384. The Bertz CT molecular complexity index is 575. The maximum absolute atomic E-state index is 12.1. The van der Waals surface area contributed by atoms with Crippen molar-refractivity contribution in [3.8, 4) is 0 Å². The van der Waals surface area contributed by atoms with Gasteiger partial charge in [0.25, 0.3) is 11.6 Å². The second-order valence-electron chi connectivity index (χ2n) is 4.37. The minimum Gasteiger partial charge on any atom is -0.480 e. The van der Waals surface area contributed by atoms with Crippen molar-refractivity contribution in [3.05, 3.63) is 37.4 Å². The van der Waals surface area contributed by atoms with E-state index in [0.717, 1.165) is 6.07 Å². The average molecular weight is 392 g/mol. The molecule has 0 radical (unpaired) electrons. The summed E-state index contributed by atoms with van der Waals surface area (Å²) in [5, 5.41) is 22.2. The molecule has 0 bridgehead atoms. The van der Waals surface area contributed by atoms with Crippen molar-refractivity contribution in [2.24, 2.45) is 0 Å². The van der Waals surface area contributed by atoms with Crippen LogP contribution in [0.5, 0.6) is 0 Å². The van der Waals surface area contributed by atoms with Crippen molar-refractivity contribution < 1.29 is 19.6 Å². The molecule has 0 saturated carbocycles. The molecule has 2 N–H and O–H groups in total. The summed E-state index contributed by atoms with van der Waals surface area (Å²) in [6, 6.07) is 3.86. The molecule has 0 aliphatic carbocycles. The highest BCUT2D eigenvalue weighted by Crippen LogP contribution is 2.21. The highest BCUT2D eigenvalue weighted by Gasteiger charge is 2.33. The van der Waals surface area contributed by atoms with Gasteiger partial charge in [0.2, 0.25) is 0 Å². The van der Waals surface area contributed by atoms with Gasteiger partial charge in [-0.25, -0.2) is 4.79 Å². The highest BCUT2D eigenvalue weighted by atomic mass is 127. The van der Waals surface area contributed by atoms with E-state index < -0.39 is 22.3 Å². The number of non-ortho nitro benzene ring substituents is 1. The van der Waals surface area contributed by atoms with Gasteiger partial charge in [0.1, 0.15) is 5.54 Å². The summed E-state index contributed by atoms with van der Waals surface area (Å²) in [6.45, 7) is 3.02. The zero-order chi connectivity index (χ0) is 15.5. The van der Waals surface area contributed by atoms with Gasteiger partial charge >= 0.3 is 5.97 Å². The first kappa shape index (κ1) is 16.3. The zero-order valence-electron chi connectivity index (χ0n) is 10.8. The molecule has 1 atom stereocenters. The predicted molar refractivity (Wildman–Crippen MR) is 79.6 cm³/mol. The molecule has 0 aliphatic heterocycles. The van der Waals surface area contributed by atoms with E-state index in [2.05, 4.69) is 5.32 Å². The zero-order valence-corrected chi connectivity index (χ0v) is 13.0. The molecule has 0 saturated heterocycles. The van der Waals surface area contributed by atoms with Gasteiger partial charge in [0.05, 0.1) is 10.5 Å². The number of hydrogen-bond donors (Lipinski definition) is 2. The monoisotopic (exact) mass is 392 g/mol. The summed E-state index contributed by atoms with van der Waals surface area (Å²) in [5.74, 6) is -1.81. The Morgan fingerprint density at radius 1 is 1.50 bits per heavy atom. The number of nitro benzene ring substituents is 1. The number of nitrogens with one attached hydrogen (secondary N) is 1. The molecule has 0 spiro atoms. The van der Waals surface area contributed by atoms with Crippen molar-refractivity contribution in [1.29, 1.82) is 0 Å². The summed E-state index contributed by atoms with van der Waals surface area (Å²) in [7, 11) is 0. The maximum Gasteiger partial charge on any atom is 0.329 e. The summed E-state index contributed by atoms with van der Waals surface area (Å²) >= 11 is 1.87. The van der Waals surface area contributed by atoms with E-state index in [1.54, 1.807) is 6.92 Å². The SMILES string of the molecule is CCC(C)(NC(=O)c1cc([N+](=O)[O-])ccc1I)C(=O)O. The number of carbonyl (C=O) groups excluding carboxylic acids is 1. The van der Waals surface area contributed by atoms with Gasteiger partial charge in [-0.1, -0.05) is 6.92 Å². The minimum absolute atomic E-state index is 0.0840. The topological polar surface area (TPSA) is 110 Å². The lowest BCUT2D eigenvalue weighted by Gasteiger charge is -2.24.